The quantitative estimate of drug-likeness (QED) is 0.839. The van der Waals surface area contributed by atoms with Crippen LogP contribution in [0.1, 0.15) is 29.2 Å². The van der Waals surface area contributed by atoms with Crippen molar-refractivity contribution in [3.05, 3.63) is 59.2 Å². The number of aromatic hydroxyl groups is 1. The lowest BCUT2D eigenvalue weighted by molar-refractivity contribution is 0.469. The molecule has 1 aliphatic heterocycles. The van der Waals surface area contributed by atoms with Gasteiger partial charge in [-0.1, -0.05) is 30.3 Å². The predicted molar refractivity (Wildman–Crippen MR) is 76.7 cm³/mol. The van der Waals surface area contributed by atoms with Gasteiger partial charge in [-0.05, 0) is 48.1 Å². The number of para-hydroxylation sites is 1. The first-order chi connectivity index (χ1) is 9.34. The summed E-state index contributed by atoms with van der Waals surface area (Å²) in [6.07, 6.45) is 3.24. The zero-order valence-electron chi connectivity index (χ0n) is 10.8. The Labute approximate surface area is 113 Å². The minimum Gasteiger partial charge on any atom is -0.508 e. The summed E-state index contributed by atoms with van der Waals surface area (Å²) in [6, 6.07) is 15.1. The maximum atomic E-state index is 9.97. The van der Waals surface area contributed by atoms with Crippen LogP contribution in [-0.2, 0) is 12.8 Å². The van der Waals surface area contributed by atoms with E-state index >= 15 is 0 Å². The Bertz CT molecular complexity index is 635. The summed E-state index contributed by atoms with van der Waals surface area (Å²) in [4.78, 5) is 2.51. The zero-order valence-corrected chi connectivity index (χ0v) is 10.8. The minimum atomic E-state index is 0.436. The fourth-order valence-electron chi connectivity index (χ4n) is 3.62. The molecule has 1 aliphatic carbocycles. The van der Waals surface area contributed by atoms with Crippen molar-refractivity contribution in [2.24, 2.45) is 0 Å². The van der Waals surface area contributed by atoms with E-state index in [1.807, 2.05) is 6.07 Å². The van der Waals surface area contributed by atoms with Gasteiger partial charge >= 0.3 is 0 Å². The third-order valence-corrected chi connectivity index (χ3v) is 4.51. The summed E-state index contributed by atoms with van der Waals surface area (Å²) in [6.45, 7) is 1.10. The van der Waals surface area contributed by atoms with Gasteiger partial charge in [0.1, 0.15) is 5.75 Å². The van der Waals surface area contributed by atoms with Crippen molar-refractivity contribution >= 4 is 5.69 Å². The van der Waals surface area contributed by atoms with E-state index < -0.39 is 0 Å². The van der Waals surface area contributed by atoms with E-state index in [9.17, 15) is 5.11 Å². The number of benzene rings is 2. The van der Waals surface area contributed by atoms with Gasteiger partial charge in [-0.25, -0.2) is 0 Å². The van der Waals surface area contributed by atoms with Crippen molar-refractivity contribution in [2.75, 3.05) is 11.4 Å². The van der Waals surface area contributed by atoms with Gasteiger partial charge < -0.3 is 10.0 Å². The Balaban J connectivity index is 1.76. The van der Waals surface area contributed by atoms with Crippen molar-refractivity contribution in [3.63, 3.8) is 0 Å². The van der Waals surface area contributed by atoms with E-state index in [1.54, 1.807) is 6.07 Å². The zero-order chi connectivity index (χ0) is 12.8. The van der Waals surface area contributed by atoms with E-state index in [2.05, 4.69) is 35.2 Å². The highest BCUT2D eigenvalue weighted by atomic mass is 16.3. The number of hydrogen-bond donors (Lipinski definition) is 1. The molecule has 0 radical (unpaired) electrons. The molecule has 2 heteroatoms. The molecule has 0 fully saturated rings. The Morgan fingerprint density at radius 1 is 1.00 bits per heavy atom. The fourth-order valence-corrected chi connectivity index (χ4v) is 3.62. The molecule has 2 aliphatic rings. The second kappa shape index (κ2) is 4.02. The number of phenols is 1. The maximum absolute atomic E-state index is 9.97. The second-order valence-electron chi connectivity index (χ2n) is 5.47. The molecule has 0 spiro atoms. The smallest absolute Gasteiger partial charge is 0.119 e. The molecule has 1 atom stereocenters. The molecule has 2 aromatic carbocycles. The van der Waals surface area contributed by atoms with Crippen molar-refractivity contribution in [2.45, 2.75) is 25.3 Å². The first-order valence-corrected chi connectivity index (χ1v) is 7.00. The van der Waals surface area contributed by atoms with E-state index in [1.165, 1.54) is 16.8 Å². The third kappa shape index (κ3) is 1.56. The van der Waals surface area contributed by atoms with Gasteiger partial charge in [-0.3, -0.25) is 0 Å². The van der Waals surface area contributed by atoms with E-state index in [0.717, 1.165) is 31.4 Å². The van der Waals surface area contributed by atoms with Crippen molar-refractivity contribution < 1.29 is 5.11 Å². The Kier molecular flexibility index (Phi) is 2.31. The molecule has 0 saturated carbocycles. The summed E-state index contributed by atoms with van der Waals surface area (Å²) in [5.41, 5.74) is 5.30. The molecule has 0 amide bonds. The molecule has 0 aromatic heterocycles. The van der Waals surface area contributed by atoms with Crippen LogP contribution in [0.5, 0.6) is 5.75 Å². The molecular weight excluding hydrogens is 234 g/mol. The molecule has 0 saturated heterocycles. The van der Waals surface area contributed by atoms with Gasteiger partial charge in [0, 0.05) is 12.2 Å². The highest BCUT2D eigenvalue weighted by molar-refractivity contribution is 5.61. The predicted octanol–water partition coefficient (Wildman–Crippen LogP) is 3.44. The second-order valence-corrected chi connectivity index (χ2v) is 5.47. The lowest BCUT2D eigenvalue weighted by atomic mass is 10.1. The summed E-state index contributed by atoms with van der Waals surface area (Å²) in [5.74, 6) is 0.465. The van der Waals surface area contributed by atoms with Gasteiger partial charge in [-0.2, -0.15) is 0 Å². The standard InChI is InChI=1S/C17H17NO/c19-17-7-3-5-13-14(17)8-9-16(13)18-11-10-12-4-1-2-6-15(12)18/h1-7,16,19H,8-11H2. The molecule has 0 bridgehead atoms. The van der Waals surface area contributed by atoms with E-state index in [-0.39, 0.29) is 0 Å². The van der Waals surface area contributed by atoms with Gasteiger partial charge in [-0.15, -0.1) is 0 Å². The van der Waals surface area contributed by atoms with Crippen LogP contribution >= 0.6 is 0 Å². The molecular formula is C17H17NO. The topological polar surface area (TPSA) is 23.5 Å². The first kappa shape index (κ1) is 10.9. The van der Waals surface area contributed by atoms with Crippen LogP contribution in [0.15, 0.2) is 42.5 Å². The third-order valence-electron chi connectivity index (χ3n) is 4.51. The molecule has 1 N–H and O–H groups in total. The normalized spacial score (nSPS) is 20.4. The van der Waals surface area contributed by atoms with Gasteiger partial charge in [0.2, 0.25) is 0 Å². The lowest BCUT2D eigenvalue weighted by Gasteiger charge is -2.28. The molecule has 96 valence electrons. The summed E-state index contributed by atoms with van der Waals surface area (Å²) in [7, 11) is 0. The minimum absolute atomic E-state index is 0.436. The number of rotatable bonds is 1. The van der Waals surface area contributed by atoms with Gasteiger partial charge in [0.25, 0.3) is 0 Å². The monoisotopic (exact) mass is 251 g/mol. The van der Waals surface area contributed by atoms with Crippen LogP contribution in [0, 0.1) is 0 Å². The van der Waals surface area contributed by atoms with Crippen LogP contribution in [0.4, 0.5) is 5.69 Å². The van der Waals surface area contributed by atoms with Gasteiger partial charge in [0.15, 0.2) is 0 Å². The maximum Gasteiger partial charge on any atom is 0.119 e. The fraction of sp³-hybridized carbons (Fsp3) is 0.294. The van der Waals surface area contributed by atoms with Crippen LogP contribution in [0.2, 0.25) is 0 Å². The summed E-state index contributed by atoms with van der Waals surface area (Å²) in [5, 5.41) is 9.97. The SMILES string of the molecule is Oc1cccc2c1CCC2N1CCc2ccccc21. The molecule has 19 heavy (non-hydrogen) atoms. The number of fused-ring (bicyclic) bond motifs is 2. The van der Waals surface area contributed by atoms with Crippen LogP contribution in [0.25, 0.3) is 0 Å². The summed E-state index contributed by atoms with van der Waals surface area (Å²) < 4.78 is 0. The Morgan fingerprint density at radius 2 is 1.89 bits per heavy atom. The lowest BCUT2D eigenvalue weighted by Crippen LogP contribution is -2.24. The molecule has 1 heterocycles. The van der Waals surface area contributed by atoms with Crippen molar-refractivity contribution in [3.8, 4) is 5.75 Å². The molecule has 4 rings (SSSR count). The van der Waals surface area contributed by atoms with Crippen LogP contribution in [-0.4, -0.2) is 11.7 Å². The molecule has 1 unspecified atom stereocenters. The van der Waals surface area contributed by atoms with Crippen LogP contribution < -0.4 is 4.90 Å². The average Bonchev–Trinajstić information content (AvgIpc) is 3.02. The van der Waals surface area contributed by atoms with Crippen molar-refractivity contribution in [1.82, 2.24) is 0 Å². The number of anilines is 1. The van der Waals surface area contributed by atoms with Gasteiger partial charge in [0.05, 0.1) is 6.04 Å². The molecule has 2 nitrogen and oxygen atoms in total. The molecule has 2 aromatic rings. The Hall–Kier alpha value is -1.96. The largest absolute Gasteiger partial charge is 0.508 e. The van der Waals surface area contributed by atoms with E-state index in [4.69, 9.17) is 0 Å². The van der Waals surface area contributed by atoms with Crippen molar-refractivity contribution in [1.29, 1.82) is 0 Å². The summed E-state index contributed by atoms with van der Waals surface area (Å²) >= 11 is 0. The Morgan fingerprint density at radius 3 is 2.84 bits per heavy atom. The average molecular weight is 251 g/mol. The highest BCUT2D eigenvalue weighted by Crippen LogP contribution is 2.44. The number of phenolic OH excluding ortho intramolecular Hbond substituents is 1. The van der Waals surface area contributed by atoms with Crippen LogP contribution in [0.3, 0.4) is 0 Å². The number of nitrogens with zero attached hydrogens (tertiary/aromatic N) is 1. The highest BCUT2D eigenvalue weighted by Gasteiger charge is 2.32. The van der Waals surface area contributed by atoms with E-state index in [0.29, 0.717) is 11.8 Å². The first-order valence-electron chi connectivity index (χ1n) is 7.00. The number of hydrogen-bond acceptors (Lipinski definition) is 2.